The third-order valence-corrected chi connectivity index (χ3v) is 3.88. The Labute approximate surface area is 135 Å². The van der Waals surface area contributed by atoms with Crippen molar-refractivity contribution in [2.45, 2.75) is 13.0 Å². The molecular formula is C19H18N2O2. The molecule has 0 saturated carbocycles. The average molecular weight is 306 g/mol. The Balaban J connectivity index is 1.77. The van der Waals surface area contributed by atoms with Crippen LogP contribution in [0.3, 0.4) is 0 Å². The molecule has 0 spiro atoms. The van der Waals surface area contributed by atoms with Crippen molar-refractivity contribution in [2.75, 3.05) is 7.05 Å². The van der Waals surface area contributed by atoms with Crippen molar-refractivity contribution in [1.82, 2.24) is 9.88 Å². The average Bonchev–Trinajstić information content (AvgIpc) is 2.57. The van der Waals surface area contributed by atoms with E-state index in [1.165, 1.54) is 0 Å². The lowest BCUT2D eigenvalue weighted by molar-refractivity contribution is -0.129. The molecule has 116 valence electrons. The molecule has 0 unspecified atom stereocenters. The fraction of sp³-hybridized carbons (Fsp3) is 0.158. The number of hydrogen-bond donors (Lipinski definition) is 1. The van der Waals surface area contributed by atoms with Gasteiger partial charge in [0.25, 0.3) is 0 Å². The summed E-state index contributed by atoms with van der Waals surface area (Å²) in [4.78, 5) is 18.5. The Bertz CT molecular complexity index is 840. The monoisotopic (exact) mass is 306 g/mol. The summed E-state index contributed by atoms with van der Waals surface area (Å²) in [5.41, 5.74) is 2.56. The van der Waals surface area contributed by atoms with Crippen LogP contribution in [0.1, 0.15) is 11.1 Å². The van der Waals surface area contributed by atoms with Crippen LogP contribution in [0.25, 0.3) is 10.9 Å². The Morgan fingerprint density at radius 3 is 2.61 bits per heavy atom. The number of fused-ring (bicyclic) bond motifs is 1. The summed E-state index contributed by atoms with van der Waals surface area (Å²) in [7, 11) is 1.77. The van der Waals surface area contributed by atoms with Crippen molar-refractivity contribution >= 4 is 16.8 Å². The molecule has 0 aliphatic carbocycles. The maximum atomic E-state index is 12.4. The van der Waals surface area contributed by atoms with Gasteiger partial charge in [-0.3, -0.25) is 9.78 Å². The van der Waals surface area contributed by atoms with Crippen LogP contribution >= 0.6 is 0 Å². The van der Waals surface area contributed by atoms with Gasteiger partial charge >= 0.3 is 0 Å². The SMILES string of the molecule is CN(Cc1cccc2cccnc12)C(=O)Cc1ccccc1O. The lowest BCUT2D eigenvalue weighted by atomic mass is 10.1. The van der Waals surface area contributed by atoms with Gasteiger partial charge in [0.05, 0.1) is 11.9 Å². The van der Waals surface area contributed by atoms with Gasteiger partial charge in [0.15, 0.2) is 0 Å². The minimum absolute atomic E-state index is 0.0422. The maximum Gasteiger partial charge on any atom is 0.227 e. The number of likely N-dealkylation sites (N-methyl/N-ethyl adjacent to an activating group) is 1. The predicted octanol–water partition coefficient (Wildman–Crippen LogP) is 3.14. The zero-order valence-corrected chi connectivity index (χ0v) is 12.9. The highest BCUT2D eigenvalue weighted by atomic mass is 16.3. The van der Waals surface area contributed by atoms with Gasteiger partial charge < -0.3 is 10.0 Å². The van der Waals surface area contributed by atoms with E-state index in [0.29, 0.717) is 12.1 Å². The van der Waals surface area contributed by atoms with E-state index < -0.39 is 0 Å². The van der Waals surface area contributed by atoms with Crippen molar-refractivity contribution in [3.8, 4) is 5.75 Å². The molecule has 1 amide bonds. The van der Waals surface area contributed by atoms with Gasteiger partial charge in [-0.2, -0.15) is 0 Å². The molecule has 3 aromatic rings. The van der Waals surface area contributed by atoms with Crippen molar-refractivity contribution in [1.29, 1.82) is 0 Å². The molecule has 0 radical (unpaired) electrons. The van der Waals surface area contributed by atoms with Crippen molar-refractivity contribution in [2.24, 2.45) is 0 Å². The fourth-order valence-electron chi connectivity index (χ4n) is 2.60. The molecule has 4 heteroatoms. The summed E-state index contributed by atoms with van der Waals surface area (Å²) >= 11 is 0. The van der Waals surface area contributed by atoms with Gasteiger partial charge in [-0.05, 0) is 17.7 Å². The van der Waals surface area contributed by atoms with Gasteiger partial charge in [0, 0.05) is 30.7 Å². The summed E-state index contributed by atoms with van der Waals surface area (Å²) in [5.74, 6) is 0.112. The molecule has 1 N–H and O–H groups in total. The summed E-state index contributed by atoms with van der Waals surface area (Å²) in [6.45, 7) is 0.487. The number of pyridine rings is 1. The number of aromatic nitrogens is 1. The number of phenols is 1. The van der Waals surface area contributed by atoms with Crippen LogP contribution in [-0.4, -0.2) is 27.9 Å². The molecule has 0 saturated heterocycles. The topological polar surface area (TPSA) is 53.4 Å². The number of carbonyl (C=O) groups excluding carboxylic acids is 1. The molecule has 1 heterocycles. The molecule has 2 aromatic carbocycles. The molecular weight excluding hydrogens is 288 g/mol. The second-order valence-electron chi connectivity index (χ2n) is 5.55. The van der Waals surface area contributed by atoms with Gasteiger partial charge in [-0.1, -0.05) is 42.5 Å². The second-order valence-corrected chi connectivity index (χ2v) is 5.55. The standard InChI is InChI=1S/C19H18N2O2/c1-21(18(23)12-15-6-2-3-10-17(15)22)13-16-8-4-7-14-9-5-11-20-19(14)16/h2-11,22H,12-13H2,1H3. The largest absolute Gasteiger partial charge is 0.508 e. The van der Waals surface area contributed by atoms with E-state index in [9.17, 15) is 9.90 Å². The predicted molar refractivity (Wildman–Crippen MR) is 90.0 cm³/mol. The number of carbonyl (C=O) groups is 1. The first-order chi connectivity index (χ1) is 11.1. The molecule has 0 aliphatic heterocycles. The van der Waals surface area contributed by atoms with Gasteiger partial charge in [-0.25, -0.2) is 0 Å². The molecule has 3 rings (SSSR count). The molecule has 0 fully saturated rings. The number of amides is 1. The highest BCUT2D eigenvalue weighted by Gasteiger charge is 2.13. The number of nitrogens with zero attached hydrogens (tertiary/aromatic N) is 2. The molecule has 0 atom stereocenters. The van der Waals surface area contributed by atoms with Crippen LogP contribution < -0.4 is 0 Å². The van der Waals surface area contributed by atoms with E-state index in [2.05, 4.69) is 4.98 Å². The zero-order chi connectivity index (χ0) is 16.2. The Hall–Kier alpha value is -2.88. The molecule has 1 aromatic heterocycles. The number of hydrogen-bond acceptors (Lipinski definition) is 3. The van der Waals surface area contributed by atoms with Gasteiger partial charge in [0.2, 0.25) is 5.91 Å². The van der Waals surface area contributed by atoms with Crippen LogP contribution in [0.5, 0.6) is 5.75 Å². The van der Waals surface area contributed by atoms with E-state index in [0.717, 1.165) is 16.5 Å². The first-order valence-electron chi connectivity index (χ1n) is 7.48. The van der Waals surface area contributed by atoms with Crippen molar-refractivity contribution in [3.05, 3.63) is 71.9 Å². The van der Waals surface area contributed by atoms with E-state index in [-0.39, 0.29) is 18.1 Å². The quantitative estimate of drug-likeness (QED) is 0.805. The number of para-hydroxylation sites is 2. The van der Waals surface area contributed by atoms with Crippen molar-refractivity contribution < 1.29 is 9.90 Å². The van der Waals surface area contributed by atoms with E-state index in [1.807, 2.05) is 36.4 Å². The second kappa shape index (κ2) is 6.48. The summed E-state index contributed by atoms with van der Waals surface area (Å²) in [5, 5.41) is 10.9. The van der Waals surface area contributed by atoms with E-state index >= 15 is 0 Å². The maximum absolute atomic E-state index is 12.4. The van der Waals surface area contributed by atoms with Crippen LogP contribution in [0.2, 0.25) is 0 Å². The van der Waals surface area contributed by atoms with E-state index in [4.69, 9.17) is 0 Å². The first kappa shape index (κ1) is 15.0. The zero-order valence-electron chi connectivity index (χ0n) is 12.9. The van der Waals surface area contributed by atoms with Gasteiger partial charge in [0.1, 0.15) is 5.75 Å². The third-order valence-electron chi connectivity index (χ3n) is 3.88. The van der Waals surface area contributed by atoms with Crippen LogP contribution in [-0.2, 0) is 17.8 Å². The minimum atomic E-state index is -0.0422. The molecule has 23 heavy (non-hydrogen) atoms. The van der Waals surface area contributed by atoms with E-state index in [1.54, 1.807) is 36.3 Å². The van der Waals surface area contributed by atoms with Crippen LogP contribution in [0.4, 0.5) is 0 Å². The Kier molecular flexibility index (Phi) is 4.24. The highest BCUT2D eigenvalue weighted by molar-refractivity contribution is 5.83. The number of rotatable bonds is 4. The number of aromatic hydroxyl groups is 1. The summed E-state index contributed by atoms with van der Waals surface area (Å²) in [6, 6.07) is 16.8. The van der Waals surface area contributed by atoms with Gasteiger partial charge in [-0.15, -0.1) is 0 Å². The fourth-order valence-corrected chi connectivity index (χ4v) is 2.60. The smallest absolute Gasteiger partial charge is 0.227 e. The summed E-state index contributed by atoms with van der Waals surface area (Å²) in [6.07, 6.45) is 1.94. The third kappa shape index (κ3) is 3.31. The molecule has 4 nitrogen and oxygen atoms in total. The van der Waals surface area contributed by atoms with Crippen LogP contribution in [0, 0.1) is 0 Å². The molecule has 0 bridgehead atoms. The normalized spacial score (nSPS) is 10.7. The Morgan fingerprint density at radius 1 is 1.04 bits per heavy atom. The highest BCUT2D eigenvalue weighted by Crippen LogP contribution is 2.19. The molecule has 0 aliphatic rings. The first-order valence-corrected chi connectivity index (χ1v) is 7.48. The van der Waals surface area contributed by atoms with Crippen molar-refractivity contribution in [3.63, 3.8) is 0 Å². The number of phenolic OH excluding ortho intramolecular Hbond substituents is 1. The Morgan fingerprint density at radius 2 is 1.78 bits per heavy atom. The van der Waals surface area contributed by atoms with Crippen LogP contribution in [0.15, 0.2) is 60.8 Å². The lowest BCUT2D eigenvalue weighted by Crippen LogP contribution is -2.27. The number of benzene rings is 2. The minimum Gasteiger partial charge on any atom is -0.508 e. The lowest BCUT2D eigenvalue weighted by Gasteiger charge is -2.18. The summed E-state index contributed by atoms with van der Waals surface area (Å²) < 4.78 is 0.